The first-order chi connectivity index (χ1) is 10.7. The standard InChI is InChI=1S/C17H15ClN2O2/c1-22-16(14-4-2-3-5-15(14)18)17(21)20-11-13-8-6-12(10-19)7-9-13/h2-9,16H,11H2,1H3,(H,20,21)/t16-/m0/s1. The van der Waals surface area contributed by atoms with Crippen LogP contribution in [0, 0.1) is 11.3 Å². The van der Waals surface area contributed by atoms with E-state index in [0.29, 0.717) is 22.7 Å². The number of carbonyl (C=O) groups is 1. The van der Waals surface area contributed by atoms with Crippen molar-refractivity contribution in [1.82, 2.24) is 5.32 Å². The van der Waals surface area contributed by atoms with E-state index in [-0.39, 0.29) is 5.91 Å². The maximum absolute atomic E-state index is 12.3. The van der Waals surface area contributed by atoms with Gasteiger partial charge in [-0.3, -0.25) is 4.79 Å². The van der Waals surface area contributed by atoms with Gasteiger partial charge in [0.05, 0.1) is 11.6 Å². The number of nitriles is 1. The van der Waals surface area contributed by atoms with Gasteiger partial charge in [0, 0.05) is 24.2 Å². The number of amides is 1. The summed E-state index contributed by atoms with van der Waals surface area (Å²) in [5, 5.41) is 12.1. The van der Waals surface area contributed by atoms with Crippen molar-refractivity contribution in [2.24, 2.45) is 0 Å². The summed E-state index contributed by atoms with van der Waals surface area (Å²) in [4.78, 5) is 12.3. The molecule has 0 aliphatic heterocycles. The molecule has 0 unspecified atom stereocenters. The first-order valence-corrected chi connectivity index (χ1v) is 7.07. The summed E-state index contributed by atoms with van der Waals surface area (Å²) in [6.07, 6.45) is -0.757. The third-order valence-corrected chi connectivity index (χ3v) is 3.56. The van der Waals surface area contributed by atoms with Crippen LogP contribution in [-0.4, -0.2) is 13.0 Å². The van der Waals surface area contributed by atoms with E-state index in [2.05, 4.69) is 11.4 Å². The summed E-state index contributed by atoms with van der Waals surface area (Å²) < 4.78 is 5.26. The van der Waals surface area contributed by atoms with E-state index in [4.69, 9.17) is 21.6 Å². The molecule has 22 heavy (non-hydrogen) atoms. The zero-order valence-corrected chi connectivity index (χ0v) is 12.8. The van der Waals surface area contributed by atoms with Gasteiger partial charge < -0.3 is 10.1 Å². The Morgan fingerprint density at radius 2 is 1.95 bits per heavy atom. The predicted octanol–water partition coefficient (Wildman–Crippen LogP) is 3.22. The van der Waals surface area contributed by atoms with Crippen molar-refractivity contribution in [3.05, 3.63) is 70.2 Å². The number of nitrogens with zero attached hydrogens (tertiary/aromatic N) is 1. The summed E-state index contributed by atoms with van der Waals surface area (Å²) in [6, 6.07) is 16.2. The van der Waals surface area contributed by atoms with Crippen molar-refractivity contribution < 1.29 is 9.53 Å². The molecule has 0 radical (unpaired) electrons. The van der Waals surface area contributed by atoms with Gasteiger partial charge in [-0.15, -0.1) is 0 Å². The van der Waals surface area contributed by atoms with Crippen LogP contribution in [0.1, 0.15) is 22.8 Å². The minimum atomic E-state index is -0.757. The Morgan fingerprint density at radius 3 is 2.55 bits per heavy atom. The lowest BCUT2D eigenvalue weighted by Gasteiger charge is -2.17. The van der Waals surface area contributed by atoms with Crippen LogP contribution in [0.15, 0.2) is 48.5 Å². The third-order valence-electron chi connectivity index (χ3n) is 3.21. The normalized spacial score (nSPS) is 11.5. The fourth-order valence-corrected chi connectivity index (χ4v) is 2.28. The van der Waals surface area contributed by atoms with Gasteiger partial charge in [-0.05, 0) is 23.8 Å². The highest BCUT2D eigenvalue weighted by Gasteiger charge is 2.21. The number of nitrogens with one attached hydrogen (secondary N) is 1. The Kier molecular flexibility index (Phi) is 5.54. The first kappa shape index (κ1) is 16.0. The number of benzene rings is 2. The van der Waals surface area contributed by atoms with E-state index in [1.54, 1.807) is 48.5 Å². The Balaban J connectivity index is 2.03. The molecular formula is C17H15ClN2O2. The molecule has 112 valence electrons. The minimum absolute atomic E-state index is 0.264. The zero-order valence-electron chi connectivity index (χ0n) is 12.0. The molecule has 4 nitrogen and oxygen atoms in total. The molecule has 2 aromatic rings. The molecule has 0 fully saturated rings. The van der Waals surface area contributed by atoms with Crippen molar-refractivity contribution >= 4 is 17.5 Å². The van der Waals surface area contributed by atoms with Crippen LogP contribution in [0.4, 0.5) is 0 Å². The number of carbonyl (C=O) groups excluding carboxylic acids is 1. The van der Waals surface area contributed by atoms with Crippen molar-refractivity contribution in [2.75, 3.05) is 7.11 Å². The number of rotatable bonds is 5. The minimum Gasteiger partial charge on any atom is -0.367 e. The monoisotopic (exact) mass is 314 g/mol. The Morgan fingerprint density at radius 1 is 1.27 bits per heavy atom. The molecule has 0 saturated heterocycles. The van der Waals surface area contributed by atoms with E-state index in [1.807, 2.05) is 0 Å². The topological polar surface area (TPSA) is 62.1 Å². The smallest absolute Gasteiger partial charge is 0.254 e. The van der Waals surface area contributed by atoms with Crippen molar-refractivity contribution in [3.8, 4) is 6.07 Å². The van der Waals surface area contributed by atoms with Crippen LogP contribution in [0.2, 0.25) is 5.02 Å². The molecule has 5 heteroatoms. The number of halogens is 1. The van der Waals surface area contributed by atoms with Crippen molar-refractivity contribution in [1.29, 1.82) is 5.26 Å². The quantitative estimate of drug-likeness (QED) is 0.921. The van der Waals surface area contributed by atoms with Gasteiger partial charge in [0.25, 0.3) is 5.91 Å². The highest BCUT2D eigenvalue weighted by Crippen LogP contribution is 2.25. The molecule has 1 N–H and O–H groups in total. The van der Waals surface area contributed by atoms with Crippen LogP contribution in [0.5, 0.6) is 0 Å². The SMILES string of the molecule is CO[C@H](C(=O)NCc1ccc(C#N)cc1)c1ccccc1Cl. The van der Waals surface area contributed by atoms with Crippen LogP contribution in [-0.2, 0) is 16.1 Å². The summed E-state index contributed by atoms with van der Waals surface area (Å²) in [7, 11) is 1.47. The second kappa shape index (κ2) is 7.60. The lowest BCUT2D eigenvalue weighted by molar-refractivity contribution is -0.131. The van der Waals surface area contributed by atoms with Gasteiger partial charge in [-0.2, -0.15) is 5.26 Å². The van der Waals surface area contributed by atoms with Gasteiger partial charge >= 0.3 is 0 Å². The van der Waals surface area contributed by atoms with Gasteiger partial charge in [-0.25, -0.2) is 0 Å². The third kappa shape index (κ3) is 3.85. The van der Waals surface area contributed by atoms with Crippen molar-refractivity contribution in [2.45, 2.75) is 12.6 Å². The number of methoxy groups -OCH3 is 1. The highest BCUT2D eigenvalue weighted by molar-refractivity contribution is 6.31. The molecule has 0 aliphatic carbocycles. The average Bonchev–Trinajstić information content (AvgIpc) is 2.56. The van der Waals surface area contributed by atoms with Crippen molar-refractivity contribution in [3.63, 3.8) is 0 Å². The van der Waals surface area contributed by atoms with Gasteiger partial charge in [0.2, 0.25) is 0 Å². The molecule has 0 aromatic heterocycles. The molecule has 0 spiro atoms. The molecule has 1 atom stereocenters. The van der Waals surface area contributed by atoms with Gasteiger partial charge in [-0.1, -0.05) is 41.9 Å². The molecule has 1 amide bonds. The summed E-state index contributed by atoms with van der Waals surface area (Å²) in [5.41, 5.74) is 2.12. The van der Waals surface area contributed by atoms with Crippen LogP contribution >= 0.6 is 11.6 Å². The van der Waals surface area contributed by atoms with E-state index in [0.717, 1.165) is 5.56 Å². The maximum Gasteiger partial charge on any atom is 0.254 e. The first-order valence-electron chi connectivity index (χ1n) is 6.69. The molecule has 0 bridgehead atoms. The summed E-state index contributed by atoms with van der Waals surface area (Å²) in [5.74, 6) is -0.264. The van der Waals surface area contributed by atoms with Crippen LogP contribution in [0.25, 0.3) is 0 Å². The Labute approximate surface area is 134 Å². The van der Waals surface area contributed by atoms with Gasteiger partial charge in [0.1, 0.15) is 0 Å². The second-order valence-electron chi connectivity index (χ2n) is 4.66. The van der Waals surface area contributed by atoms with E-state index in [9.17, 15) is 4.79 Å². The zero-order chi connectivity index (χ0) is 15.9. The number of ether oxygens (including phenoxy) is 1. The van der Waals surface area contributed by atoms with Gasteiger partial charge in [0.15, 0.2) is 6.10 Å². The van der Waals surface area contributed by atoms with E-state index >= 15 is 0 Å². The average molecular weight is 315 g/mol. The molecule has 0 saturated carbocycles. The Hall–Kier alpha value is -2.35. The van der Waals surface area contributed by atoms with E-state index in [1.165, 1.54) is 7.11 Å². The molecule has 0 aliphatic rings. The highest BCUT2D eigenvalue weighted by atomic mass is 35.5. The fourth-order valence-electron chi connectivity index (χ4n) is 2.04. The maximum atomic E-state index is 12.3. The fraction of sp³-hybridized carbons (Fsp3) is 0.176. The lowest BCUT2D eigenvalue weighted by Crippen LogP contribution is -2.30. The van der Waals surface area contributed by atoms with Crippen LogP contribution in [0.3, 0.4) is 0 Å². The van der Waals surface area contributed by atoms with Crippen LogP contribution < -0.4 is 5.32 Å². The molecule has 2 rings (SSSR count). The predicted molar refractivity (Wildman–Crippen MR) is 84.2 cm³/mol. The number of hydrogen-bond acceptors (Lipinski definition) is 3. The molecular weight excluding hydrogens is 300 g/mol. The lowest BCUT2D eigenvalue weighted by atomic mass is 10.1. The second-order valence-corrected chi connectivity index (χ2v) is 5.07. The van der Waals surface area contributed by atoms with E-state index < -0.39 is 6.10 Å². The molecule has 0 heterocycles. The largest absolute Gasteiger partial charge is 0.367 e. The summed E-state index contributed by atoms with van der Waals surface area (Å²) in [6.45, 7) is 0.356. The number of hydrogen-bond donors (Lipinski definition) is 1. The summed E-state index contributed by atoms with van der Waals surface area (Å²) >= 11 is 6.10. The Bertz CT molecular complexity index is 693. The molecule has 2 aromatic carbocycles.